The van der Waals surface area contributed by atoms with Gasteiger partial charge >= 0.3 is 0 Å². The van der Waals surface area contributed by atoms with E-state index in [1.165, 1.54) is 6.07 Å². The molecule has 0 unspecified atom stereocenters. The normalized spacial score (nSPS) is 13.7. The van der Waals surface area contributed by atoms with Gasteiger partial charge in [-0.25, -0.2) is 9.98 Å². The van der Waals surface area contributed by atoms with Crippen molar-refractivity contribution in [2.75, 3.05) is 11.2 Å². The summed E-state index contributed by atoms with van der Waals surface area (Å²) >= 11 is 4.85. The smallest absolute Gasteiger partial charge is 0.213 e. The molecule has 0 atom stereocenters. The Morgan fingerprint density at radius 2 is 2.12 bits per heavy atom. The number of nitrogens with zero attached hydrogens (tertiary/aromatic N) is 3. The molecule has 0 fully saturated rings. The van der Waals surface area contributed by atoms with E-state index in [9.17, 15) is 0 Å². The Balaban J connectivity index is 2.64. The van der Waals surface area contributed by atoms with Crippen LogP contribution < -0.4 is 22.3 Å². The summed E-state index contributed by atoms with van der Waals surface area (Å²) in [6.45, 7) is 0. The number of nitriles is 1. The molecule has 16 heavy (non-hydrogen) atoms. The van der Waals surface area contributed by atoms with Crippen molar-refractivity contribution in [3.63, 3.8) is 0 Å². The topological polar surface area (TPSA) is 125 Å². The molecule has 1 aromatic rings. The Morgan fingerprint density at radius 3 is 2.81 bits per heavy atom. The first-order chi connectivity index (χ1) is 7.61. The second-order valence-corrected chi connectivity index (χ2v) is 3.37. The fraction of sp³-hybridized carbons (Fsp3) is 0. The maximum absolute atomic E-state index is 8.82. The number of nitrogen functional groups attached to an aromatic ring is 1. The predicted octanol–water partition coefficient (Wildman–Crippen LogP) is -0.544. The second kappa shape index (κ2) is 3.63. The van der Waals surface area contributed by atoms with Crippen molar-refractivity contribution in [3.8, 4) is 6.07 Å². The molecule has 2 rings (SSSR count). The summed E-state index contributed by atoms with van der Waals surface area (Å²) in [5.74, 6) is 0.690. The monoisotopic (exact) mass is 233 g/mol. The molecule has 0 bridgehead atoms. The number of rotatable bonds is 0. The first-order valence-corrected chi connectivity index (χ1v) is 4.64. The Morgan fingerprint density at radius 1 is 1.38 bits per heavy atom. The highest BCUT2D eigenvalue weighted by Gasteiger charge is 2.16. The molecular weight excluding hydrogens is 226 g/mol. The zero-order valence-corrected chi connectivity index (χ0v) is 8.80. The van der Waals surface area contributed by atoms with Gasteiger partial charge in [0.05, 0.1) is 11.1 Å². The van der Waals surface area contributed by atoms with Crippen LogP contribution in [0.1, 0.15) is 11.1 Å². The van der Waals surface area contributed by atoms with Gasteiger partial charge in [0.1, 0.15) is 17.7 Å². The zero-order valence-electron chi connectivity index (χ0n) is 7.98. The number of anilines is 2. The molecule has 1 aromatic heterocycles. The van der Waals surface area contributed by atoms with Gasteiger partial charge in [-0.15, -0.1) is 0 Å². The third-order valence-electron chi connectivity index (χ3n) is 1.96. The van der Waals surface area contributed by atoms with Crippen LogP contribution in [0.5, 0.6) is 0 Å². The second-order valence-electron chi connectivity index (χ2n) is 2.98. The van der Waals surface area contributed by atoms with E-state index in [0.717, 1.165) is 0 Å². The van der Waals surface area contributed by atoms with Gasteiger partial charge in [-0.2, -0.15) is 5.26 Å². The average Bonchev–Trinajstić information content (AvgIpc) is 2.38. The summed E-state index contributed by atoms with van der Waals surface area (Å²) in [4.78, 5) is 7.88. The lowest BCUT2D eigenvalue weighted by Crippen LogP contribution is -2.25. The number of aromatic nitrogens is 1. The number of fused-ring (bicyclic) bond motifs is 1. The fourth-order valence-electron chi connectivity index (χ4n) is 1.22. The maximum atomic E-state index is 8.82. The van der Waals surface area contributed by atoms with E-state index < -0.39 is 0 Å². The molecule has 2 heterocycles. The number of nitrogens with two attached hydrogens (primary N) is 2. The maximum Gasteiger partial charge on any atom is 0.213 e. The molecule has 0 radical (unpaired) electrons. The highest BCUT2D eigenvalue weighted by molar-refractivity contribution is 7.80. The van der Waals surface area contributed by atoms with Crippen LogP contribution in [-0.4, -0.2) is 15.9 Å². The Labute approximate surface area is 96.1 Å². The third kappa shape index (κ3) is 1.59. The molecule has 1 aliphatic rings. The van der Waals surface area contributed by atoms with Crippen LogP contribution in [0.15, 0.2) is 11.1 Å². The first kappa shape index (κ1) is 10.1. The molecule has 0 aromatic carbocycles. The molecule has 7 nitrogen and oxygen atoms in total. The molecule has 0 amide bonds. The molecule has 8 heteroatoms. The number of amidine groups is 1. The van der Waals surface area contributed by atoms with Crippen molar-refractivity contribution in [2.45, 2.75) is 0 Å². The largest absolute Gasteiger partial charge is 0.383 e. The van der Waals surface area contributed by atoms with E-state index in [-0.39, 0.29) is 22.3 Å². The Bertz CT molecular complexity index is 542. The van der Waals surface area contributed by atoms with Gasteiger partial charge in [0.2, 0.25) is 5.11 Å². The lowest BCUT2D eigenvalue weighted by molar-refractivity contribution is 1.10. The van der Waals surface area contributed by atoms with Crippen molar-refractivity contribution >= 4 is 34.8 Å². The van der Waals surface area contributed by atoms with Gasteiger partial charge in [-0.05, 0) is 18.3 Å². The summed E-state index contributed by atoms with van der Waals surface area (Å²) in [6.07, 6.45) is 0. The Hall–Kier alpha value is -2.40. The minimum Gasteiger partial charge on any atom is -0.383 e. The van der Waals surface area contributed by atoms with Crippen LogP contribution in [-0.2, 0) is 0 Å². The highest BCUT2D eigenvalue weighted by Crippen LogP contribution is 2.19. The third-order valence-corrected chi connectivity index (χ3v) is 2.15. The van der Waals surface area contributed by atoms with Gasteiger partial charge in [-0.3, -0.25) is 10.9 Å². The molecule has 0 saturated carbocycles. The van der Waals surface area contributed by atoms with E-state index in [2.05, 4.69) is 20.8 Å². The highest BCUT2D eigenvalue weighted by atomic mass is 32.1. The van der Waals surface area contributed by atoms with E-state index >= 15 is 0 Å². The van der Waals surface area contributed by atoms with Gasteiger partial charge in [0.25, 0.3) is 0 Å². The average molecular weight is 233 g/mol. The molecule has 0 spiro atoms. The summed E-state index contributed by atoms with van der Waals surface area (Å²) in [5, 5.41) is 9.00. The fourth-order valence-corrected chi connectivity index (χ4v) is 1.37. The minimum atomic E-state index is 0.121. The number of aliphatic imine (C=N–C) groups is 1. The van der Waals surface area contributed by atoms with Crippen LogP contribution in [0.2, 0.25) is 0 Å². The zero-order chi connectivity index (χ0) is 11.7. The van der Waals surface area contributed by atoms with E-state index in [1.807, 2.05) is 6.07 Å². The number of hydrogen-bond acceptors (Lipinski definition) is 6. The van der Waals surface area contributed by atoms with Crippen LogP contribution in [0.3, 0.4) is 0 Å². The van der Waals surface area contributed by atoms with Crippen LogP contribution in [0.25, 0.3) is 0 Å². The van der Waals surface area contributed by atoms with Crippen molar-refractivity contribution in [3.05, 3.63) is 17.2 Å². The van der Waals surface area contributed by atoms with Gasteiger partial charge in [0, 0.05) is 0 Å². The lowest BCUT2D eigenvalue weighted by Gasteiger charge is -2.08. The molecule has 0 aliphatic carbocycles. The first-order valence-electron chi connectivity index (χ1n) is 4.23. The van der Waals surface area contributed by atoms with E-state index in [4.69, 9.17) is 28.9 Å². The quantitative estimate of drug-likeness (QED) is 0.443. The summed E-state index contributed by atoms with van der Waals surface area (Å²) < 4.78 is 0. The summed E-state index contributed by atoms with van der Waals surface area (Å²) in [7, 11) is 0. The minimum absolute atomic E-state index is 0.121. The molecule has 80 valence electrons. The molecule has 1 aliphatic heterocycles. The van der Waals surface area contributed by atoms with Crippen LogP contribution in [0, 0.1) is 11.3 Å². The van der Waals surface area contributed by atoms with Crippen molar-refractivity contribution < 1.29 is 0 Å². The van der Waals surface area contributed by atoms with Crippen LogP contribution >= 0.6 is 12.2 Å². The SMILES string of the molecule is N#Cc1cc2c(nc1N)NNC(=S)N=C2N. The standard InChI is InChI=1S/C8H7N7S/c9-2-3-1-4-6(11)13-8(16)15-14-7(4)12-5(3)10/h1H,(H3,10,12,14)(H3,11,13,15,16). The van der Waals surface area contributed by atoms with Gasteiger partial charge < -0.3 is 11.5 Å². The van der Waals surface area contributed by atoms with Gasteiger partial charge in [0.15, 0.2) is 5.82 Å². The molecule has 6 N–H and O–H groups in total. The summed E-state index contributed by atoms with van der Waals surface area (Å²) in [5.41, 5.74) is 17.3. The molecule has 0 saturated heterocycles. The number of thiocarbonyl (C=S) groups is 1. The van der Waals surface area contributed by atoms with Crippen molar-refractivity contribution in [2.24, 2.45) is 10.7 Å². The summed E-state index contributed by atoms with van der Waals surface area (Å²) in [6, 6.07) is 3.43. The Kier molecular flexibility index (Phi) is 2.30. The number of hydrazine groups is 1. The number of pyridine rings is 1. The lowest BCUT2D eigenvalue weighted by atomic mass is 10.1. The van der Waals surface area contributed by atoms with Gasteiger partial charge in [-0.1, -0.05) is 0 Å². The number of hydrogen-bond donors (Lipinski definition) is 4. The van der Waals surface area contributed by atoms with E-state index in [1.54, 1.807) is 0 Å². The van der Waals surface area contributed by atoms with Crippen LogP contribution in [0.4, 0.5) is 11.6 Å². The van der Waals surface area contributed by atoms with E-state index in [0.29, 0.717) is 11.4 Å². The van der Waals surface area contributed by atoms with Crippen molar-refractivity contribution in [1.29, 1.82) is 5.26 Å². The molecular formula is C8H7N7S. The number of nitrogens with one attached hydrogen (secondary N) is 2. The predicted molar refractivity (Wildman–Crippen MR) is 63.4 cm³/mol. The van der Waals surface area contributed by atoms with Crippen molar-refractivity contribution in [1.82, 2.24) is 10.4 Å².